The second-order valence-corrected chi connectivity index (χ2v) is 7.14. The normalized spacial score (nSPS) is 15.7. The highest BCUT2D eigenvalue weighted by molar-refractivity contribution is 6.04. The second-order valence-electron chi connectivity index (χ2n) is 7.14. The molecule has 0 unspecified atom stereocenters. The van der Waals surface area contributed by atoms with Gasteiger partial charge in [0, 0.05) is 26.2 Å². The third-order valence-electron chi connectivity index (χ3n) is 4.85. The highest BCUT2D eigenvalue weighted by Gasteiger charge is 2.41. The first-order valence-corrected chi connectivity index (χ1v) is 9.09. The van der Waals surface area contributed by atoms with Crippen molar-refractivity contribution < 1.29 is 9.59 Å². The summed E-state index contributed by atoms with van der Waals surface area (Å²) < 4.78 is 0. The summed E-state index contributed by atoms with van der Waals surface area (Å²) in [6.07, 6.45) is 4.43. The van der Waals surface area contributed by atoms with Crippen LogP contribution in [-0.2, 0) is 16.1 Å². The average Bonchev–Trinajstić information content (AvgIpc) is 2.88. The van der Waals surface area contributed by atoms with Gasteiger partial charge in [-0.3, -0.25) is 9.59 Å². The minimum Gasteiger partial charge on any atom is -0.342 e. The highest BCUT2D eigenvalue weighted by atomic mass is 16.2. The molecule has 0 saturated carbocycles. The molecule has 0 aliphatic carbocycles. The molecule has 0 radical (unpaired) electrons. The molecule has 0 spiro atoms. The summed E-state index contributed by atoms with van der Waals surface area (Å²) in [5, 5.41) is 0. The standard InChI is InChI=1S/C20H30N2O2/c1-4-21(16-17-12-8-7-9-13-17)18(23)20(2,3)19(24)22-14-10-5-6-11-15-22/h7-9,12-13H,4-6,10-11,14-16H2,1-3H3. The van der Waals surface area contributed by atoms with Crippen molar-refractivity contribution in [3.63, 3.8) is 0 Å². The van der Waals surface area contributed by atoms with E-state index in [2.05, 4.69) is 0 Å². The molecule has 1 heterocycles. The van der Waals surface area contributed by atoms with Crippen molar-refractivity contribution in [1.82, 2.24) is 9.80 Å². The molecule has 4 nitrogen and oxygen atoms in total. The number of rotatable bonds is 5. The molecule has 0 atom stereocenters. The van der Waals surface area contributed by atoms with E-state index in [4.69, 9.17) is 0 Å². The van der Waals surface area contributed by atoms with E-state index in [1.165, 1.54) is 12.8 Å². The highest BCUT2D eigenvalue weighted by Crippen LogP contribution is 2.25. The van der Waals surface area contributed by atoms with Crippen LogP contribution in [0.25, 0.3) is 0 Å². The number of hydrogen-bond donors (Lipinski definition) is 0. The number of hydrogen-bond acceptors (Lipinski definition) is 2. The first-order chi connectivity index (χ1) is 11.5. The average molecular weight is 330 g/mol. The van der Waals surface area contributed by atoms with Crippen LogP contribution in [0.4, 0.5) is 0 Å². The van der Waals surface area contributed by atoms with Gasteiger partial charge < -0.3 is 9.80 Å². The molecule has 2 amide bonds. The lowest BCUT2D eigenvalue weighted by Crippen LogP contribution is -2.51. The van der Waals surface area contributed by atoms with Crippen LogP contribution in [0.3, 0.4) is 0 Å². The molecular formula is C20H30N2O2. The van der Waals surface area contributed by atoms with Crippen LogP contribution < -0.4 is 0 Å². The maximum atomic E-state index is 13.0. The number of carbonyl (C=O) groups excluding carboxylic acids is 2. The molecule has 1 aliphatic rings. The van der Waals surface area contributed by atoms with Crippen molar-refractivity contribution in [3.8, 4) is 0 Å². The lowest BCUT2D eigenvalue weighted by atomic mass is 9.89. The van der Waals surface area contributed by atoms with Gasteiger partial charge in [-0.25, -0.2) is 0 Å². The molecule has 0 N–H and O–H groups in total. The zero-order chi connectivity index (χ0) is 17.6. The summed E-state index contributed by atoms with van der Waals surface area (Å²) in [6.45, 7) is 8.22. The van der Waals surface area contributed by atoms with E-state index < -0.39 is 5.41 Å². The number of carbonyl (C=O) groups is 2. The van der Waals surface area contributed by atoms with Gasteiger partial charge in [0.2, 0.25) is 11.8 Å². The Morgan fingerprint density at radius 3 is 2.17 bits per heavy atom. The van der Waals surface area contributed by atoms with E-state index in [0.29, 0.717) is 13.1 Å². The Morgan fingerprint density at radius 2 is 1.62 bits per heavy atom. The van der Waals surface area contributed by atoms with E-state index in [1.807, 2.05) is 42.2 Å². The van der Waals surface area contributed by atoms with Crippen LogP contribution in [0.2, 0.25) is 0 Å². The fourth-order valence-electron chi connectivity index (χ4n) is 3.29. The number of likely N-dealkylation sites (tertiary alicyclic amines) is 1. The van der Waals surface area contributed by atoms with Crippen molar-refractivity contribution in [2.75, 3.05) is 19.6 Å². The van der Waals surface area contributed by atoms with Gasteiger partial charge in [-0.2, -0.15) is 0 Å². The van der Waals surface area contributed by atoms with E-state index in [0.717, 1.165) is 31.5 Å². The van der Waals surface area contributed by atoms with Crippen LogP contribution in [0.1, 0.15) is 52.0 Å². The molecule has 132 valence electrons. The first-order valence-electron chi connectivity index (χ1n) is 9.09. The summed E-state index contributed by atoms with van der Waals surface area (Å²) in [5.74, 6) is -0.107. The molecule has 2 rings (SSSR count). The van der Waals surface area contributed by atoms with Gasteiger partial charge in [0.15, 0.2) is 0 Å². The van der Waals surface area contributed by atoms with Crippen LogP contribution in [0.15, 0.2) is 30.3 Å². The van der Waals surface area contributed by atoms with Gasteiger partial charge in [0.1, 0.15) is 5.41 Å². The van der Waals surface area contributed by atoms with Crippen LogP contribution in [0, 0.1) is 5.41 Å². The van der Waals surface area contributed by atoms with Crippen molar-refractivity contribution in [1.29, 1.82) is 0 Å². The molecule has 1 aliphatic heterocycles. The van der Waals surface area contributed by atoms with Crippen molar-refractivity contribution in [3.05, 3.63) is 35.9 Å². The quantitative estimate of drug-likeness (QED) is 0.776. The van der Waals surface area contributed by atoms with Crippen molar-refractivity contribution in [2.45, 2.75) is 53.0 Å². The summed E-state index contributed by atoms with van der Waals surface area (Å²) in [6, 6.07) is 9.94. The van der Waals surface area contributed by atoms with Gasteiger partial charge in [0.25, 0.3) is 0 Å². The predicted molar refractivity (Wildman–Crippen MR) is 96.4 cm³/mol. The Morgan fingerprint density at radius 1 is 1.04 bits per heavy atom. The topological polar surface area (TPSA) is 40.6 Å². The fraction of sp³-hybridized carbons (Fsp3) is 0.600. The molecule has 0 bridgehead atoms. The van der Waals surface area contributed by atoms with Gasteiger partial charge in [-0.05, 0) is 39.2 Å². The molecule has 4 heteroatoms. The third-order valence-corrected chi connectivity index (χ3v) is 4.85. The Balaban J connectivity index is 2.10. The first kappa shape index (κ1) is 18.5. The predicted octanol–water partition coefficient (Wildman–Crippen LogP) is 3.46. The molecule has 1 saturated heterocycles. The van der Waals surface area contributed by atoms with Crippen LogP contribution in [-0.4, -0.2) is 41.2 Å². The van der Waals surface area contributed by atoms with E-state index in [9.17, 15) is 9.59 Å². The van der Waals surface area contributed by atoms with Crippen LogP contribution >= 0.6 is 0 Å². The van der Waals surface area contributed by atoms with Gasteiger partial charge in [-0.1, -0.05) is 43.2 Å². The third kappa shape index (κ3) is 4.37. The summed E-state index contributed by atoms with van der Waals surface area (Å²) in [5.41, 5.74) is 0.0838. The lowest BCUT2D eigenvalue weighted by Gasteiger charge is -2.34. The molecule has 1 aromatic carbocycles. The SMILES string of the molecule is CCN(Cc1ccccc1)C(=O)C(C)(C)C(=O)N1CCCCCC1. The minimum absolute atomic E-state index is 0.0269. The smallest absolute Gasteiger partial charge is 0.237 e. The molecule has 0 aromatic heterocycles. The lowest BCUT2D eigenvalue weighted by molar-refractivity contribution is -0.154. The Labute approximate surface area is 145 Å². The zero-order valence-electron chi connectivity index (χ0n) is 15.3. The summed E-state index contributed by atoms with van der Waals surface area (Å²) in [7, 11) is 0. The fourth-order valence-corrected chi connectivity index (χ4v) is 3.29. The Kier molecular flexibility index (Phi) is 6.41. The zero-order valence-corrected chi connectivity index (χ0v) is 15.3. The maximum Gasteiger partial charge on any atom is 0.237 e. The molecule has 1 fully saturated rings. The van der Waals surface area contributed by atoms with Crippen LogP contribution in [0.5, 0.6) is 0 Å². The summed E-state index contributed by atoms with van der Waals surface area (Å²) in [4.78, 5) is 29.7. The largest absolute Gasteiger partial charge is 0.342 e. The van der Waals surface area contributed by atoms with Crippen molar-refractivity contribution in [2.24, 2.45) is 5.41 Å². The molecule has 24 heavy (non-hydrogen) atoms. The monoisotopic (exact) mass is 330 g/mol. The Hall–Kier alpha value is -1.84. The van der Waals surface area contributed by atoms with E-state index >= 15 is 0 Å². The number of benzene rings is 1. The number of nitrogens with zero attached hydrogens (tertiary/aromatic N) is 2. The van der Waals surface area contributed by atoms with E-state index in [1.54, 1.807) is 18.7 Å². The molecular weight excluding hydrogens is 300 g/mol. The van der Waals surface area contributed by atoms with E-state index in [-0.39, 0.29) is 11.8 Å². The van der Waals surface area contributed by atoms with Gasteiger partial charge in [0.05, 0.1) is 0 Å². The summed E-state index contributed by atoms with van der Waals surface area (Å²) >= 11 is 0. The second kappa shape index (κ2) is 8.32. The van der Waals surface area contributed by atoms with Crippen molar-refractivity contribution >= 4 is 11.8 Å². The molecule has 1 aromatic rings. The number of amides is 2. The maximum absolute atomic E-state index is 13.0. The van der Waals surface area contributed by atoms with Gasteiger partial charge in [-0.15, -0.1) is 0 Å². The minimum atomic E-state index is -1.00. The Bertz CT molecular complexity index is 546. The van der Waals surface area contributed by atoms with Gasteiger partial charge >= 0.3 is 0 Å².